The lowest BCUT2D eigenvalue weighted by Gasteiger charge is -2.43. The number of imide groups is 1. The van der Waals surface area contributed by atoms with E-state index in [-0.39, 0.29) is 11.8 Å². The molecule has 0 aromatic carbocycles. The highest BCUT2D eigenvalue weighted by molar-refractivity contribution is 5.98. The molecule has 0 unspecified atom stereocenters. The van der Waals surface area contributed by atoms with Crippen molar-refractivity contribution in [2.24, 2.45) is 0 Å². The molecule has 0 spiro atoms. The number of carbonyl (C=O) groups is 2. The van der Waals surface area contributed by atoms with Gasteiger partial charge >= 0.3 is 0 Å². The zero-order valence-electron chi connectivity index (χ0n) is 10.1. The number of hydrogen-bond acceptors (Lipinski definition) is 4. The van der Waals surface area contributed by atoms with Gasteiger partial charge in [0.15, 0.2) is 0 Å². The van der Waals surface area contributed by atoms with Crippen molar-refractivity contribution in [1.82, 2.24) is 9.80 Å². The number of amides is 2. The van der Waals surface area contributed by atoms with Crippen molar-refractivity contribution in [1.29, 1.82) is 5.26 Å². The van der Waals surface area contributed by atoms with Crippen molar-refractivity contribution in [3.63, 3.8) is 0 Å². The lowest BCUT2D eigenvalue weighted by molar-refractivity contribution is -0.155. The summed E-state index contributed by atoms with van der Waals surface area (Å²) < 4.78 is 0. The van der Waals surface area contributed by atoms with E-state index in [1.807, 2.05) is 7.05 Å². The predicted molar refractivity (Wildman–Crippen MR) is 60.8 cm³/mol. The van der Waals surface area contributed by atoms with Crippen molar-refractivity contribution < 1.29 is 9.59 Å². The summed E-state index contributed by atoms with van der Waals surface area (Å²) in [5, 5.41) is 9.40. The monoisotopic (exact) mass is 235 g/mol. The molecule has 0 radical (unpaired) electrons. The Hall–Kier alpha value is -1.41. The summed E-state index contributed by atoms with van der Waals surface area (Å²) in [5.74, 6) is -0.347. The summed E-state index contributed by atoms with van der Waals surface area (Å²) in [6.07, 6.45) is 2.54. The summed E-state index contributed by atoms with van der Waals surface area (Å²) in [5.41, 5.74) is -0.888. The molecule has 0 bridgehead atoms. The fourth-order valence-electron chi connectivity index (χ4n) is 2.60. The van der Waals surface area contributed by atoms with Crippen LogP contribution >= 0.6 is 0 Å². The molecule has 17 heavy (non-hydrogen) atoms. The van der Waals surface area contributed by atoms with Crippen LogP contribution < -0.4 is 0 Å². The smallest absolute Gasteiger partial charge is 0.230 e. The minimum Gasteiger partial charge on any atom is -0.306 e. The number of nitrogens with zero attached hydrogens (tertiary/aromatic N) is 3. The van der Waals surface area contributed by atoms with Gasteiger partial charge in [-0.05, 0) is 26.3 Å². The first-order valence-corrected chi connectivity index (χ1v) is 6.05. The van der Waals surface area contributed by atoms with Gasteiger partial charge in [0, 0.05) is 25.9 Å². The van der Waals surface area contributed by atoms with E-state index < -0.39 is 5.54 Å². The summed E-state index contributed by atoms with van der Waals surface area (Å²) in [6, 6.07) is 2.23. The Morgan fingerprint density at radius 3 is 2.18 bits per heavy atom. The van der Waals surface area contributed by atoms with Gasteiger partial charge in [-0.2, -0.15) is 5.26 Å². The first kappa shape index (κ1) is 12.1. The highest BCUT2D eigenvalue weighted by atomic mass is 16.2. The molecule has 0 aliphatic carbocycles. The predicted octanol–water partition coefficient (Wildman–Crippen LogP) is 0.513. The lowest BCUT2D eigenvalue weighted by atomic mass is 9.85. The maximum Gasteiger partial charge on any atom is 0.230 e. The third-order valence-corrected chi connectivity index (χ3v) is 3.73. The SMILES string of the molecule is CN1CCC(C#N)(N2C(=O)CCCC2=O)CC1. The van der Waals surface area contributed by atoms with E-state index in [1.165, 1.54) is 4.90 Å². The minimum absolute atomic E-state index is 0.174. The van der Waals surface area contributed by atoms with Crippen molar-refractivity contribution in [3.8, 4) is 6.07 Å². The van der Waals surface area contributed by atoms with E-state index in [9.17, 15) is 14.9 Å². The molecule has 5 nitrogen and oxygen atoms in total. The summed E-state index contributed by atoms with van der Waals surface area (Å²) in [7, 11) is 1.99. The Morgan fingerprint density at radius 1 is 1.18 bits per heavy atom. The van der Waals surface area contributed by atoms with Crippen LogP contribution in [0.3, 0.4) is 0 Å². The molecule has 0 aromatic heterocycles. The van der Waals surface area contributed by atoms with Crippen LogP contribution in [0.25, 0.3) is 0 Å². The van der Waals surface area contributed by atoms with E-state index in [4.69, 9.17) is 0 Å². The molecule has 2 rings (SSSR count). The second-order valence-corrected chi connectivity index (χ2v) is 4.92. The van der Waals surface area contributed by atoms with Gasteiger partial charge in [-0.3, -0.25) is 14.5 Å². The Labute approximate surface area is 101 Å². The van der Waals surface area contributed by atoms with Gasteiger partial charge in [-0.25, -0.2) is 0 Å². The normalized spacial score (nSPS) is 25.8. The van der Waals surface area contributed by atoms with Crippen LogP contribution in [-0.4, -0.2) is 47.3 Å². The zero-order chi connectivity index (χ0) is 12.5. The maximum absolute atomic E-state index is 11.9. The van der Waals surface area contributed by atoms with Gasteiger partial charge in [-0.15, -0.1) is 0 Å². The summed E-state index contributed by atoms with van der Waals surface area (Å²) in [4.78, 5) is 27.2. The molecule has 2 amide bonds. The Kier molecular flexibility index (Phi) is 3.16. The van der Waals surface area contributed by atoms with Gasteiger partial charge in [0.05, 0.1) is 6.07 Å². The number of piperidine rings is 2. The fourth-order valence-corrected chi connectivity index (χ4v) is 2.60. The summed E-state index contributed by atoms with van der Waals surface area (Å²) in [6.45, 7) is 1.51. The third kappa shape index (κ3) is 2.05. The van der Waals surface area contributed by atoms with Gasteiger partial charge in [-0.1, -0.05) is 0 Å². The fraction of sp³-hybridized carbons (Fsp3) is 0.750. The molecular weight excluding hydrogens is 218 g/mol. The Bertz CT molecular complexity index is 362. The van der Waals surface area contributed by atoms with E-state index in [1.54, 1.807) is 0 Å². The minimum atomic E-state index is -0.888. The quantitative estimate of drug-likeness (QED) is 0.621. The van der Waals surface area contributed by atoms with Gasteiger partial charge in [0.2, 0.25) is 11.8 Å². The number of nitriles is 1. The molecule has 2 aliphatic rings. The van der Waals surface area contributed by atoms with Crippen molar-refractivity contribution in [3.05, 3.63) is 0 Å². The molecule has 2 fully saturated rings. The number of likely N-dealkylation sites (tertiary alicyclic amines) is 2. The molecule has 92 valence electrons. The highest BCUT2D eigenvalue weighted by Gasteiger charge is 2.46. The largest absolute Gasteiger partial charge is 0.306 e. The molecule has 0 saturated carbocycles. The third-order valence-electron chi connectivity index (χ3n) is 3.73. The van der Waals surface area contributed by atoms with Crippen LogP contribution in [0.1, 0.15) is 32.1 Å². The van der Waals surface area contributed by atoms with Crippen molar-refractivity contribution in [2.45, 2.75) is 37.6 Å². The molecule has 2 saturated heterocycles. The van der Waals surface area contributed by atoms with Crippen LogP contribution in [0.2, 0.25) is 0 Å². The first-order valence-electron chi connectivity index (χ1n) is 6.05. The molecule has 0 aromatic rings. The number of carbonyl (C=O) groups excluding carboxylic acids is 2. The molecule has 2 heterocycles. The molecular formula is C12H17N3O2. The van der Waals surface area contributed by atoms with Crippen molar-refractivity contribution in [2.75, 3.05) is 20.1 Å². The summed E-state index contributed by atoms with van der Waals surface area (Å²) >= 11 is 0. The standard InChI is InChI=1S/C12H17N3O2/c1-14-7-5-12(9-13,6-8-14)15-10(16)3-2-4-11(15)17/h2-8H2,1H3. The highest BCUT2D eigenvalue weighted by Crippen LogP contribution is 2.31. The van der Waals surface area contributed by atoms with Crippen LogP contribution in [0.4, 0.5) is 0 Å². The second-order valence-electron chi connectivity index (χ2n) is 4.92. The van der Waals surface area contributed by atoms with E-state index >= 15 is 0 Å². The van der Waals surface area contributed by atoms with Gasteiger partial charge < -0.3 is 4.90 Å². The van der Waals surface area contributed by atoms with Crippen LogP contribution in [-0.2, 0) is 9.59 Å². The topological polar surface area (TPSA) is 64.4 Å². The van der Waals surface area contributed by atoms with Crippen LogP contribution in [0, 0.1) is 11.3 Å². The van der Waals surface area contributed by atoms with Gasteiger partial charge in [0.1, 0.15) is 5.54 Å². The van der Waals surface area contributed by atoms with Gasteiger partial charge in [0.25, 0.3) is 0 Å². The lowest BCUT2D eigenvalue weighted by Crippen LogP contribution is -2.59. The zero-order valence-corrected chi connectivity index (χ0v) is 10.1. The molecule has 0 atom stereocenters. The number of hydrogen-bond donors (Lipinski definition) is 0. The molecule has 0 N–H and O–H groups in total. The van der Waals surface area contributed by atoms with Crippen LogP contribution in [0.5, 0.6) is 0 Å². The number of rotatable bonds is 1. The Balaban J connectivity index is 2.25. The van der Waals surface area contributed by atoms with Crippen molar-refractivity contribution >= 4 is 11.8 Å². The van der Waals surface area contributed by atoms with Crippen LogP contribution in [0.15, 0.2) is 0 Å². The molecule has 5 heteroatoms. The Morgan fingerprint density at radius 2 is 1.71 bits per heavy atom. The molecule has 2 aliphatic heterocycles. The second kappa shape index (κ2) is 4.46. The maximum atomic E-state index is 11.9. The van der Waals surface area contributed by atoms with E-state index in [0.29, 0.717) is 32.1 Å². The average Bonchev–Trinajstić information content (AvgIpc) is 2.32. The van der Waals surface area contributed by atoms with E-state index in [0.717, 1.165) is 13.1 Å². The van der Waals surface area contributed by atoms with E-state index in [2.05, 4.69) is 11.0 Å². The average molecular weight is 235 g/mol. The first-order chi connectivity index (χ1) is 8.09.